The second kappa shape index (κ2) is 6.49. The maximum Gasteiger partial charge on any atom is 0.316 e. The Balaban J connectivity index is 1.19. The average molecular weight is 402 g/mol. The second-order valence-electron chi connectivity index (χ2n) is 9.14. The highest BCUT2D eigenvalue weighted by molar-refractivity contribution is 8.01. The van der Waals surface area contributed by atoms with Crippen LogP contribution in [0.25, 0.3) is 0 Å². The van der Waals surface area contributed by atoms with Crippen LogP contribution < -0.4 is 0 Å². The van der Waals surface area contributed by atoms with Gasteiger partial charge in [0.2, 0.25) is 0 Å². The van der Waals surface area contributed by atoms with Gasteiger partial charge in [-0.15, -0.1) is 11.8 Å². The van der Waals surface area contributed by atoms with Crippen molar-refractivity contribution in [1.82, 2.24) is 4.90 Å². The van der Waals surface area contributed by atoms with Crippen molar-refractivity contribution in [1.29, 1.82) is 0 Å². The molecule has 1 aromatic rings. The lowest BCUT2D eigenvalue weighted by Crippen LogP contribution is -2.45. The highest BCUT2D eigenvalue weighted by Gasteiger charge is 2.57. The van der Waals surface area contributed by atoms with Crippen molar-refractivity contribution in [3.8, 4) is 0 Å². The summed E-state index contributed by atoms with van der Waals surface area (Å²) >= 11 is 1.58. The lowest BCUT2D eigenvalue weighted by atomic mass is 9.88. The number of carbonyl (C=O) groups is 2. The Hall–Kier alpha value is -1.53. The van der Waals surface area contributed by atoms with Crippen LogP contribution in [0.1, 0.15) is 67.2 Å². The molecule has 28 heavy (non-hydrogen) atoms. The monoisotopic (exact) mass is 401 g/mol. The predicted molar refractivity (Wildman–Crippen MR) is 107 cm³/mol. The van der Waals surface area contributed by atoms with Gasteiger partial charge in [0.05, 0.1) is 0 Å². The van der Waals surface area contributed by atoms with Gasteiger partial charge >= 0.3 is 5.97 Å². The highest BCUT2D eigenvalue weighted by Crippen LogP contribution is 2.65. The molecular weight excluding hydrogens is 374 g/mol. The predicted octanol–water partition coefficient (Wildman–Crippen LogP) is 3.33. The molecule has 2 N–H and O–H groups in total. The summed E-state index contributed by atoms with van der Waals surface area (Å²) in [6.07, 6.45) is 6.18. The average Bonchev–Trinajstić information content (AvgIpc) is 3.55. The first kappa shape index (κ1) is 18.5. The number of aliphatic carboxylic acids is 1. The summed E-state index contributed by atoms with van der Waals surface area (Å²) in [4.78, 5) is 25.4. The molecule has 2 aliphatic heterocycles. The van der Waals surface area contributed by atoms with Gasteiger partial charge in [-0.25, -0.2) is 0 Å². The van der Waals surface area contributed by atoms with Crippen LogP contribution in [0.2, 0.25) is 0 Å². The number of likely N-dealkylation sites (tertiary alicyclic amines) is 1. The van der Waals surface area contributed by atoms with Crippen molar-refractivity contribution in [3.05, 3.63) is 35.4 Å². The molecule has 1 spiro atoms. The molecule has 1 amide bonds. The maximum atomic E-state index is 12.3. The van der Waals surface area contributed by atoms with Crippen molar-refractivity contribution < 1.29 is 19.8 Å². The molecule has 2 unspecified atom stereocenters. The largest absolute Gasteiger partial charge is 0.480 e. The van der Waals surface area contributed by atoms with E-state index in [1.165, 1.54) is 17.5 Å². The third-order valence-electron chi connectivity index (χ3n) is 7.36. The SMILES string of the molecule is O=C(O)C1CCC(c2ccc([C@@H]3CC34CCN(C(=O)C3(O)CC3)CC4)cc2)S1. The van der Waals surface area contributed by atoms with Crippen molar-refractivity contribution in [2.24, 2.45) is 5.41 Å². The molecule has 6 heteroatoms. The smallest absolute Gasteiger partial charge is 0.316 e. The Morgan fingerprint density at radius 1 is 1.00 bits per heavy atom. The van der Waals surface area contributed by atoms with Crippen LogP contribution in [0.5, 0.6) is 0 Å². The third kappa shape index (κ3) is 3.14. The number of nitrogens with zero attached hydrogens (tertiary/aromatic N) is 1. The first-order chi connectivity index (χ1) is 13.4. The zero-order chi connectivity index (χ0) is 19.5. The van der Waals surface area contributed by atoms with E-state index in [2.05, 4.69) is 24.3 Å². The molecule has 2 aliphatic carbocycles. The molecule has 0 aromatic heterocycles. The summed E-state index contributed by atoms with van der Waals surface area (Å²) in [6.45, 7) is 1.54. The molecular formula is C22H27NO4S. The fraction of sp³-hybridized carbons (Fsp3) is 0.636. The van der Waals surface area contributed by atoms with E-state index in [1.54, 1.807) is 11.8 Å². The van der Waals surface area contributed by atoms with Crippen molar-refractivity contribution in [2.45, 2.75) is 67.0 Å². The van der Waals surface area contributed by atoms with Gasteiger partial charge in [0, 0.05) is 18.3 Å². The van der Waals surface area contributed by atoms with Gasteiger partial charge in [0.1, 0.15) is 10.9 Å². The first-order valence-electron chi connectivity index (χ1n) is 10.4. The number of carboxylic acids is 1. The summed E-state index contributed by atoms with van der Waals surface area (Å²) in [5.74, 6) is -0.175. The third-order valence-corrected chi connectivity index (χ3v) is 8.97. The Labute approximate surface area is 169 Å². The molecule has 3 atom stereocenters. The molecule has 5 rings (SSSR count). The van der Waals surface area contributed by atoms with E-state index in [0.29, 0.717) is 29.4 Å². The number of hydrogen-bond donors (Lipinski definition) is 2. The molecule has 2 saturated carbocycles. The molecule has 5 nitrogen and oxygen atoms in total. The maximum absolute atomic E-state index is 12.3. The van der Waals surface area contributed by atoms with Gasteiger partial charge in [0.15, 0.2) is 0 Å². The summed E-state index contributed by atoms with van der Waals surface area (Å²) in [7, 11) is 0. The van der Waals surface area contributed by atoms with Crippen molar-refractivity contribution in [2.75, 3.05) is 13.1 Å². The Kier molecular flexibility index (Phi) is 4.29. The number of benzene rings is 1. The van der Waals surface area contributed by atoms with Crippen LogP contribution in [0.15, 0.2) is 24.3 Å². The molecule has 1 aromatic carbocycles. The quantitative estimate of drug-likeness (QED) is 0.809. The van der Waals surface area contributed by atoms with Crippen LogP contribution in [0, 0.1) is 5.41 Å². The molecule has 2 saturated heterocycles. The fourth-order valence-electron chi connectivity index (χ4n) is 5.16. The van der Waals surface area contributed by atoms with Crippen LogP contribution in [0.4, 0.5) is 0 Å². The molecule has 4 aliphatic rings. The molecule has 0 bridgehead atoms. The summed E-state index contributed by atoms with van der Waals surface area (Å²) in [6, 6.07) is 8.83. The molecule has 0 radical (unpaired) electrons. The number of thioether (sulfide) groups is 1. The van der Waals surface area contributed by atoms with Crippen molar-refractivity contribution >= 4 is 23.6 Å². The van der Waals surface area contributed by atoms with Gasteiger partial charge in [0.25, 0.3) is 5.91 Å². The van der Waals surface area contributed by atoms with Crippen LogP contribution in [-0.2, 0) is 9.59 Å². The Morgan fingerprint density at radius 2 is 1.64 bits per heavy atom. The minimum atomic E-state index is -1.04. The highest BCUT2D eigenvalue weighted by atomic mass is 32.2. The summed E-state index contributed by atoms with van der Waals surface area (Å²) < 4.78 is 0. The molecule has 150 valence electrons. The normalized spacial score (nSPS) is 32.3. The van der Waals surface area contributed by atoms with Gasteiger partial charge < -0.3 is 15.1 Å². The number of hydrogen-bond acceptors (Lipinski definition) is 4. The van der Waals surface area contributed by atoms with Gasteiger partial charge in [-0.05, 0) is 67.4 Å². The van der Waals surface area contributed by atoms with E-state index in [4.69, 9.17) is 0 Å². The van der Waals surface area contributed by atoms with Crippen molar-refractivity contribution in [3.63, 3.8) is 0 Å². The minimum absolute atomic E-state index is 0.0577. The molecule has 4 fully saturated rings. The number of rotatable bonds is 4. The second-order valence-corrected chi connectivity index (χ2v) is 10.5. The van der Waals surface area contributed by atoms with E-state index in [9.17, 15) is 19.8 Å². The number of amides is 1. The zero-order valence-corrected chi connectivity index (χ0v) is 16.8. The van der Waals surface area contributed by atoms with E-state index < -0.39 is 11.6 Å². The molecule has 2 heterocycles. The number of carboxylic acid groups (broad SMARTS) is 1. The van der Waals surface area contributed by atoms with Gasteiger partial charge in [-0.2, -0.15) is 0 Å². The Morgan fingerprint density at radius 3 is 2.21 bits per heavy atom. The summed E-state index contributed by atoms with van der Waals surface area (Å²) in [5.41, 5.74) is 1.91. The van der Waals surface area contributed by atoms with Crippen LogP contribution in [0.3, 0.4) is 0 Å². The zero-order valence-electron chi connectivity index (χ0n) is 16.0. The van der Waals surface area contributed by atoms with E-state index in [-0.39, 0.29) is 11.2 Å². The van der Waals surface area contributed by atoms with Gasteiger partial charge in [-0.3, -0.25) is 9.59 Å². The Bertz CT molecular complexity index is 795. The lowest BCUT2D eigenvalue weighted by Gasteiger charge is -2.34. The van der Waals surface area contributed by atoms with E-state index in [1.807, 2.05) is 4.90 Å². The lowest BCUT2D eigenvalue weighted by molar-refractivity contribution is -0.144. The van der Waals surface area contributed by atoms with E-state index in [0.717, 1.165) is 38.8 Å². The first-order valence-corrected chi connectivity index (χ1v) is 11.3. The van der Waals surface area contributed by atoms with Crippen LogP contribution in [-0.4, -0.2) is 50.9 Å². The van der Waals surface area contributed by atoms with E-state index >= 15 is 0 Å². The summed E-state index contributed by atoms with van der Waals surface area (Å²) in [5, 5.41) is 19.3. The number of carbonyl (C=O) groups excluding carboxylic acids is 1. The number of aliphatic hydroxyl groups is 1. The standard InChI is InChI=1S/C22H27NO4S/c24-19(25)18-6-5-17(28-18)15-3-1-14(2-4-15)16-13-21(16)9-11-23(12-10-21)20(26)22(27)7-8-22/h1-4,16-18,27H,5-13H2,(H,24,25)/t16-,17?,18?/m0/s1. The van der Waals surface area contributed by atoms with Crippen LogP contribution >= 0.6 is 11.8 Å². The fourth-order valence-corrected chi connectivity index (χ4v) is 6.53. The minimum Gasteiger partial charge on any atom is -0.480 e. The number of piperidine rings is 1. The van der Waals surface area contributed by atoms with Gasteiger partial charge in [-0.1, -0.05) is 24.3 Å². The topological polar surface area (TPSA) is 77.8 Å².